The van der Waals surface area contributed by atoms with Gasteiger partial charge in [-0.2, -0.15) is 0 Å². The van der Waals surface area contributed by atoms with E-state index in [1.54, 1.807) is 0 Å². The predicted octanol–water partition coefficient (Wildman–Crippen LogP) is 2.91. The van der Waals surface area contributed by atoms with Gasteiger partial charge in [0, 0.05) is 18.1 Å². The zero-order valence-electron chi connectivity index (χ0n) is 9.44. The first-order valence-corrected chi connectivity index (χ1v) is 5.85. The molecule has 86 valence electrons. The molecule has 0 aliphatic heterocycles. The number of halogens is 1. The minimum absolute atomic E-state index is 0.475. The molecule has 0 saturated heterocycles. The van der Waals surface area contributed by atoms with E-state index < -0.39 is 0 Å². The fourth-order valence-corrected chi connectivity index (χ4v) is 2.50. The second kappa shape index (κ2) is 3.72. The van der Waals surface area contributed by atoms with Gasteiger partial charge in [0.2, 0.25) is 0 Å². The molecule has 2 aromatic heterocycles. The minimum Gasteiger partial charge on any atom is -0.325 e. The second-order valence-electron chi connectivity index (χ2n) is 4.06. The average Bonchev–Trinajstić information content (AvgIpc) is 2.64. The van der Waals surface area contributed by atoms with Crippen LogP contribution in [0.25, 0.3) is 16.4 Å². The van der Waals surface area contributed by atoms with Crippen LogP contribution in [0.5, 0.6) is 0 Å². The van der Waals surface area contributed by atoms with Crippen LogP contribution >= 0.6 is 11.6 Å². The normalized spacial score (nSPS) is 11.5. The SMILES string of the molecule is Cc1nc2c3c(Cl)cccc3ccn2c1CN. The molecule has 3 rings (SSSR count). The fraction of sp³-hybridized carbons (Fsp3) is 0.154. The molecule has 0 atom stereocenters. The van der Waals surface area contributed by atoms with Gasteiger partial charge in [-0.05, 0) is 24.4 Å². The lowest BCUT2D eigenvalue weighted by molar-refractivity contribution is 0.946. The van der Waals surface area contributed by atoms with Crippen LogP contribution in [0.1, 0.15) is 11.4 Å². The third kappa shape index (κ3) is 1.43. The lowest BCUT2D eigenvalue weighted by atomic mass is 10.2. The summed E-state index contributed by atoms with van der Waals surface area (Å²) in [5.41, 5.74) is 8.62. The first kappa shape index (κ1) is 10.6. The number of imidazole rings is 1. The van der Waals surface area contributed by atoms with Gasteiger partial charge in [0.05, 0.1) is 16.4 Å². The topological polar surface area (TPSA) is 43.3 Å². The molecule has 1 aromatic carbocycles. The smallest absolute Gasteiger partial charge is 0.146 e. The molecule has 0 saturated carbocycles. The van der Waals surface area contributed by atoms with Crippen molar-refractivity contribution < 1.29 is 0 Å². The van der Waals surface area contributed by atoms with E-state index in [9.17, 15) is 0 Å². The predicted molar refractivity (Wildman–Crippen MR) is 70.3 cm³/mol. The van der Waals surface area contributed by atoms with Gasteiger partial charge in [0.25, 0.3) is 0 Å². The highest BCUT2D eigenvalue weighted by Crippen LogP contribution is 2.28. The molecule has 3 aromatic rings. The number of aromatic nitrogens is 2. The van der Waals surface area contributed by atoms with E-state index in [0.717, 1.165) is 32.8 Å². The lowest BCUT2D eigenvalue weighted by Crippen LogP contribution is -2.02. The van der Waals surface area contributed by atoms with Crippen molar-refractivity contribution in [2.75, 3.05) is 0 Å². The summed E-state index contributed by atoms with van der Waals surface area (Å²) in [5.74, 6) is 0. The van der Waals surface area contributed by atoms with Gasteiger partial charge in [-0.25, -0.2) is 4.98 Å². The molecule has 0 radical (unpaired) electrons. The molecular formula is C13H12ClN3. The molecule has 0 amide bonds. The van der Waals surface area contributed by atoms with E-state index in [0.29, 0.717) is 6.54 Å². The van der Waals surface area contributed by atoms with E-state index in [1.807, 2.05) is 41.8 Å². The van der Waals surface area contributed by atoms with Crippen molar-refractivity contribution in [3.8, 4) is 0 Å². The van der Waals surface area contributed by atoms with Gasteiger partial charge < -0.3 is 10.1 Å². The van der Waals surface area contributed by atoms with Crippen molar-refractivity contribution in [1.82, 2.24) is 9.38 Å². The van der Waals surface area contributed by atoms with Crippen molar-refractivity contribution in [2.24, 2.45) is 5.73 Å². The third-order valence-corrected chi connectivity index (χ3v) is 3.39. The van der Waals surface area contributed by atoms with Crippen LogP contribution in [0, 0.1) is 6.92 Å². The van der Waals surface area contributed by atoms with Crippen LogP contribution < -0.4 is 5.73 Å². The van der Waals surface area contributed by atoms with Crippen LogP contribution in [-0.4, -0.2) is 9.38 Å². The van der Waals surface area contributed by atoms with E-state index in [1.165, 1.54) is 0 Å². The minimum atomic E-state index is 0.475. The molecular weight excluding hydrogens is 234 g/mol. The summed E-state index contributed by atoms with van der Waals surface area (Å²) in [6.07, 6.45) is 2.00. The Balaban J connectivity index is 2.56. The molecule has 4 heteroatoms. The molecule has 0 unspecified atom stereocenters. The Labute approximate surface area is 104 Å². The van der Waals surface area contributed by atoms with Gasteiger partial charge in [-0.1, -0.05) is 23.7 Å². The van der Waals surface area contributed by atoms with E-state index in [4.69, 9.17) is 17.3 Å². The van der Waals surface area contributed by atoms with Crippen molar-refractivity contribution in [3.63, 3.8) is 0 Å². The van der Waals surface area contributed by atoms with E-state index >= 15 is 0 Å². The zero-order chi connectivity index (χ0) is 12.0. The van der Waals surface area contributed by atoms with Gasteiger partial charge in [0.1, 0.15) is 5.65 Å². The van der Waals surface area contributed by atoms with Crippen molar-refractivity contribution in [1.29, 1.82) is 0 Å². The second-order valence-corrected chi connectivity index (χ2v) is 4.47. The summed E-state index contributed by atoms with van der Waals surface area (Å²) in [6, 6.07) is 7.90. The highest BCUT2D eigenvalue weighted by atomic mass is 35.5. The highest BCUT2D eigenvalue weighted by Gasteiger charge is 2.11. The Hall–Kier alpha value is -1.58. The van der Waals surface area contributed by atoms with Crippen molar-refractivity contribution in [2.45, 2.75) is 13.5 Å². The average molecular weight is 246 g/mol. The fourth-order valence-electron chi connectivity index (χ4n) is 2.23. The maximum absolute atomic E-state index is 6.26. The van der Waals surface area contributed by atoms with Crippen LogP contribution in [0.3, 0.4) is 0 Å². The largest absolute Gasteiger partial charge is 0.325 e. The number of pyridine rings is 1. The number of benzene rings is 1. The maximum atomic E-state index is 6.26. The van der Waals surface area contributed by atoms with Crippen LogP contribution in [0.2, 0.25) is 5.02 Å². The summed E-state index contributed by atoms with van der Waals surface area (Å²) in [7, 11) is 0. The summed E-state index contributed by atoms with van der Waals surface area (Å²) < 4.78 is 2.02. The van der Waals surface area contributed by atoms with Crippen molar-refractivity contribution >= 4 is 28.0 Å². The molecule has 0 aliphatic carbocycles. The standard InChI is InChI=1S/C13H12ClN3/c1-8-11(7-15)17-6-5-9-3-2-4-10(14)12(9)13(17)16-8/h2-6H,7,15H2,1H3. The van der Waals surface area contributed by atoms with Gasteiger partial charge in [-0.3, -0.25) is 0 Å². The Morgan fingerprint density at radius 3 is 2.94 bits per heavy atom. The van der Waals surface area contributed by atoms with Gasteiger partial charge >= 0.3 is 0 Å². The van der Waals surface area contributed by atoms with Gasteiger partial charge in [0.15, 0.2) is 0 Å². The molecule has 0 spiro atoms. The molecule has 0 fully saturated rings. The van der Waals surface area contributed by atoms with Crippen LogP contribution in [0.4, 0.5) is 0 Å². The van der Waals surface area contributed by atoms with Gasteiger partial charge in [-0.15, -0.1) is 0 Å². The summed E-state index contributed by atoms with van der Waals surface area (Å²) in [4.78, 5) is 4.57. The highest BCUT2D eigenvalue weighted by molar-refractivity contribution is 6.36. The van der Waals surface area contributed by atoms with Crippen LogP contribution in [-0.2, 0) is 6.54 Å². The number of hydrogen-bond donors (Lipinski definition) is 1. The molecule has 3 nitrogen and oxygen atoms in total. The number of aryl methyl sites for hydroxylation is 1. The summed E-state index contributed by atoms with van der Waals surface area (Å²) in [6.45, 7) is 2.45. The molecule has 17 heavy (non-hydrogen) atoms. The number of fused-ring (bicyclic) bond motifs is 3. The zero-order valence-corrected chi connectivity index (χ0v) is 10.2. The number of rotatable bonds is 1. The number of nitrogens with zero attached hydrogens (tertiary/aromatic N) is 2. The molecule has 2 N–H and O–H groups in total. The molecule has 0 aliphatic rings. The first-order valence-electron chi connectivity index (χ1n) is 5.47. The Kier molecular flexibility index (Phi) is 2.31. The number of nitrogens with two attached hydrogens (primary N) is 1. The lowest BCUT2D eigenvalue weighted by Gasteiger charge is -2.04. The first-order chi connectivity index (χ1) is 8.22. The van der Waals surface area contributed by atoms with Crippen LogP contribution in [0.15, 0.2) is 30.5 Å². The Morgan fingerprint density at radius 2 is 2.18 bits per heavy atom. The summed E-state index contributed by atoms with van der Waals surface area (Å²) >= 11 is 6.26. The number of hydrogen-bond acceptors (Lipinski definition) is 2. The van der Waals surface area contributed by atoms with Crippen molar-refractivity contribution in [3.05, 3.63) is 46.9 Å². The Bertz CT molecular complexity index is 715. The van der Waals surface area contributed by atoms with E-state index in [2.05, 4.69) is 4.98 Å². The summed E-state index contributed by atoms with van der Waals surface area (Å²) in [5, 5.41) is 2.81. The molecule has 2 heterocycles. The quantitative estimate of drug-likeness (QED) is 0.716. The monoisotopic (exact) mass is 245 g/mol. The maximum Gasteiger partial charge on any atom is 0.146 e. The Morgan fingerprint density at radius 1 is 1.35 bits per heavy atom. The third-order valence-electron chi connectivity index (χ3n) is 3.08. The molecule has 0 bridgehead atoms. The van der Waals surface area contributed by atoms with E-state index in [-0.39, 0.29) is 0 Å².